The van der Waals surface area contributed by atoms with E-state index in [1.165, 1.54) is 21.3 Å². The first-order valence-corrected chi connectivity index (χ1v) is 8.43. The second-order valence-electron chi connectivity index (χ2n) is 5.78. The highest BCUT2D eigenvalue weighted by molar-refractivity contribution is 5.96. The summed E-state index contributed by atoms with van der Waals surface area (Å²) in [5.41, 5.74) is 0.333. The van der Waals surface area contributed by atoms with Crippen molar-refractivity contribution < 1.29 is 19.0 Å². The van der Waals surface area contributed by atoms with Crippen LogP contribution >= 0.6 is 0 Å². The number of allylic oxidation sites excluding steroid dienone is 4. The predicted molar refractivity (Wildman–Crippen MR) is 100 cm³/mol. The van der Waals surface area contributed by atoms with Crippen molar-refractivity contribution in [3.05, 3.63) is 65.8 Å². The van der Waals surface area contributed by atoms with E-state index in [-0.39, 0.29) is 6.04 Å². The Bertz CT molecular complexity index is 902. The number of carbonyl (C=O) groups is 1. The van der Waals surface area contributed by atoms with E-state index in [2.05, 4.69) is 34.4 Å². The highest BCUT2D eigenvalue weighted by Gasteiger charge is 2.16. The van der Waals surface area contributed by atoms with Gasteiger partial charge in [-0.1, -0.05) is 24.3 Å². The molecule has 1 aliphatic rings. The molecule has 0 fully saturated rings. The molecule has 7 heteroatoms. The Hall–Kier alpha value is -3.35. The molecule has 0 N–H and O–H groups in total. The van der Waals surface area contributed by atoms with Gasteiger partial charge in [0.1, 0.15) is 0 Å². The molecule has 0 bridgehead atoms. The molecule has 0 saturated heterocycles. The van der Waals surface area contributed by atoms with Gasteiger partial charge in [0, 0.05) is 11.8 Å². The van der Waals surface area contributed by atoms with Crippen LogP contribution in [0.3, 0.4) is 0 Å². The zero-order valence-corrected chi connectivity index (χ0v) is 15.5. The van der Waals surface area contributed by atoms with Crippen LogP contribution in [0.25, 0.3) is 0 Å². The number of amides is 1. The van der Waals surface area contributed by atoms with Crippen LogP contribution in [0.2, 0.25) is 0 Å². The van der Waals surface area contributed by atoms with Crippen molar-refractivity contribution in [1.82, 2.24) is 9.78 Å². The summed E-state index contributed by atoms with van der Waals surface area (Å²) < 4.78 is 17.6. The van der Waals surface area contributed by atoms with Crippen LogP contribution < -0.4 is 19.6 Å². The van der Waals surface area contributed by atoms with Crippen molar-refractivity contribution in [2.45, 2.75) is 12.5 Å². The smallest absolute Gasteiger partial charge is 0.277 e. The number of hydrogen-bond donors (Lipinski definition) is 0. The summed E-state index contributed by atoms with van der Waals surface area (Å²) in [5, 5.41) is 4.81. The maximum Gasteiger partial charge on any atom is 0.277 e. The van der Waals surface area contributed by atoms with Gasteiger partial charge < -0.3 is 14.2 Å². The van der Waals surface area contributed by atoms with Gasteiger partial charge in [0.15, 0.2) is 11.5 Å². The van der Waals surface area contributed by atoms with E-state index in [0.29, 0.717) is 28.2 Å². The SMILES string of the molecule is COc1cc(C(=O)N=c2ccn(C3C=CCC=C3)nc2)cc(OC)c1OC. The molecule has 1 heterocycles. The first-order valence-electron chi connectivity index (χ1n) is 8.43. The molecule has 1 aromatic heterocycles. The van der Waals surface area contributed by atoms with Crippen molar-refractivity contribution in [1.29, 1.82) is 0 Å². The molecular formula is C20H21N3O4. The maximum atomic E-state index is 12.6. The van der Waals surface area contributed by atoms with Gasteiger partial charge in [-0.3, -0.25) is 9.48 Å². The van der Waals surface area contributed by atoms with Gasteiger partial charge in [-0.05, 0) is 24.6 Å². The largest absolute Gasteiger partial charge is 0.493 e. The van der Waals surface area contributed by atoms with Crippen LogP contribution in [0.1, 0.15) is 22.8 Å². The van der Waals surface area contributed by atoms with Crippen molar-refractivity contribution >= 4 is 5.91 Å². The number of methoxy groups -OCH3 is 3. The Kier molecular flexibility index (Phi) is 5.71. The molecule has 27 heavy (non-hydrogen) atoms. The number of rotatable bonds is 5. The summed E-state index contributed by atoms with van der Waals surface area (Å²) in [7, 11) is 4.50. The third-order valence-electron chi connectivity index (χ3n) is 4.11. The van der Waals surface area contributed by atoms with Gasteiger partial charge in [0.2, 0.25) is 5.75 Å². The summed E-state index contributed by atoms with van der Waals surface area (Å²) in [4.78, 5) is 16.7. The molecule has 2 aromatic rings. The van der Waals surface area contributed by atoms with Crippen molar-refractivity contribution in [3.8, 4) is 17.2 Å². The third kappa shape index (κ3) is 4.08. The minimum Gasteiger partial charge on any atom is -0.493 e. The van der Waals surface area contributed by atoms with E-state index in [9.17, 15) is 4.79 Å². The molecule has 0 atom stereocenters. The molecule has 0 spiro atoms. The number of aromatic nitrogens is 2. The molecule has 3 rings (SSSR count). The molecular weight excluding hydrogens is 346 g/mol. The molecule has 7 nitrogen and oxygen atoms in total. The fourth-order valence-corrected chi connectivity index (χ4v) is 2.74. The van der Waals surface area contributed by atoms with Gasteiger partial charge in [0.05, 0.1) is 38.9 Å². The lowest BCUT2D eigenvalue weighted by Crippen LogP contribution is -2.15. The van der Waals surface area contributed by atoms with E-state index in [1.807, 2.05) is 0 Å². The minimum absolute atomic E-state index is 0.0820. The Labute approximate surface area is 157 Å². The number of nitrogens with zero attached hydrogens (tertiary/aromatic N) is 3. The maximum absolute atomic E-state index is 12.6. The molecule has 1 aliphatic carbocycles. The van der Waals surface area contributed by atoms with E-state index in [4.69, 9.17) is 14.2 Å². The summed E-state index contributed by atoms with van der Waals surface area (Å²) in [6.07, 6.45) is 12.6. The van der Waals surface area contributed by atoms with E-state index in [0.717, 1.165) is 6.42 Å². The van der Waals surface area contributed by atoms with Gasteiger partial charge in [-0.25, -0.2) is 4.99 Å². The van der Waals surface area contributed by atoms with Gasteiger partial charge >= 0.3 is 0 Å². The lowest BCUT2D eigenvalue weighted by molar-refractivity contribution is 0.0997. The van der Waals surface area contributed by atoms with Crippen LogP contribution in [0, 0.1) is 0 Å². The quantitative estimate of drug-likeness (QED) is 0.760. The molecule has 0 aliphatic heterocycles. The van der Waals surface area contributed by atoms with Crippen molar-refractivity contribution in [2.24, 2.45) is 4.99 Å². The van der Waals surface area contributed by atoms with E-state index in [1.54, 1.807) is 35.3 Å². The fraction of sp³-hybridized carbons (Fsp3) is 0.250. The number of hydrogen-bond acceptors (Lipinski definition) is 5. The summed E-state index contributed by atoms with van der Waals surface area (Å²) in [6, 6.07) is 4.97. The highest BCUT2D eigenvalue weighted by atomic mass is 16.5. The lowest BCUT2D eigenvalue weighted by Gasteiger charge is -2.13. The average molecular weight is 367 g/mol. The first kappa shape index (κ1) is 18.4. The van der Waals surface area contributed by atoms with Crippen molar-refractivity contribution in [2.75, 3.05) is 21.3 Å². The normalized spacial score (nSPS) is 14.3. The number of benzene rings is 1. The molecule has 0 saturated carbocycles. The van der Waals surface area contributed by atoms with E-state index >= 15 is 0 Å². The summed E-state index contributed by atoms with van der Waals surface area (Å²) in [6.45, 7) is 0. The molecule has 0 unspecified atom stereocenters. The summed E-state index contributed by atoms with van der Waals surface area (Å²) >= 11 is 0. The highest BCUT2D eigenvalue weighted by Crippen LogP contribution is 2.38. The lowest BCUT2D eigenvalue weighted by atomic mass is 10.1. The van der Waals surface area contributed by atoms with E-state index < -0.39 is 5.91 Å². The zero-order chi connectivity index (χ0) is 19.2. The summed E-state index contributed by atoms with van der Waals surface area (Å²) in [5.74, 6) is 0.796. The van der Waals surface area contributed by atoms with Gasteiger partial charge in [0.25, 0.3) is 5.91 Å². The number of ether oxygens (including phenoxy) is 3. The second-order valence-corrected chi connectivity index (χ2v) is 5.78. The van der Waals surface area contributed by atoms with Crippen LogP contribution in [0.5, 0.6) is 17.2 Å². The Balaban J connectivity index is 1.89. The first-order chi connectivity index (χ1) is 13.2. The van der Waals surface area contributed by atoms with Crippen LogP contribution in [0.4, 0.5) is 0 Å². The number of carbonyl (C=O) groups excluding carboxylic acids is 1. The minimum atomic E-state index is -0.425. The molecule has 1 aromatic carbocycles. The fourth-order valence-electron chi connectivity index (χ4n) is 2.74. The Morgan fingerprint density at radius 1 is 1.11 bits per heavy atom. The molecule has 140 valence electrons. The van der Waals surface area contributed by atoms with Crippen LogP contribution in [0.15, 0.2) is 59.9 Å². The topological polar surface area (TPSA) is 74.9 Å². The average Bonchev–Trinajstić information content (AvgIpc) is 2.73. The molecule has 0 radical (unpaired) electrons. The Morgan fingerprint density at radius 3 is 2.30 bits per heavy atom. The predicted octanol–water partition coefficient (Wildman–Crippen LogP) is 2.71. The zero-order valence-electron chi connectivity index (χ0n) is 15.5. The standard InChI is InChI=1S/C20H21N3O4/c1-25-17-11-14(12-18(26-2)19(17)27-3)20(24)22-15-9-10-23(21-13-15)16-7-5-4-6-8-16/h5-13,16H,4H2,1-3H3. The third-order valence-corrected chi connectivity index (χ3v) is 4.11. The van der Waals surface area contributed by atoms with Gasteiger partial charge in [-0.15, -0.1) is 0 Å². The van der Waals surface area contributed by atoms with Crippen LogP contribution in [-0.2, 0) is 0 Å². The molecule has 1 amide bonds. The van der Waals surface area contributed by atoms with Crippen LogP contribution in [-0.4, -0.2) is 37.0 Å². The Morgan fingerprint density at radius 2 is 1.78 bits per heavy atom. The van der Waals surface area contributed by atoms with Gasteiger partial charge in [-0.2, -0.15) is 5.10 Å². The monoisotopic (exact) mass is 367 g/mol. The van der Waals surface area contributed by atoms with Crippen molar-refractivity contribution in [3.63, 3.8) is 0 Å². The second kappa shape index (κ2) is 8.35.